The summed E-state index contributed by atoms with van der Waals surface area (Å²) >= 11 is 0. The summed E-state index contributed by atoms with van der Waals surface area (Å²) in [4.78, 5) is 61.6. The van der Waals surface area contributed by atoms with E-state index in [0.717, 1.165) is 90.5 Å². The van der Waals surface area contributed by atoms with Gasteiger partial charge in [0.1, 0.15) is 0 Å². The zero-order chi connectivity index (χ0) is 45.1. The van der Waals surface area contributed by atoms with Gasteiger partial charge in [-0.2, -0.15) is 0 Å². The first kappa shape index (κ1) is 42.1. The fourth-order valence-electron chi connectivity index (χ4n) is 11.0. The maximum atomic E-state index is 14.7. The number of unbranched alkanes of at least 4 members (excludes halogenated alkanes) is 2. The van der Waals surface area contributed by atoms with Crippen LogP contribution in [0.15, 0.2) is 103 Å². The first-order valence-corrected chi connectivity index (χ1v) is 23.1. The topological polar surface area (TPSA) is 112 Å². The number of ether oxygens (including phenoxy) is 4. The summed E-state index contributed by atoms with van der Waals surface area (Å²) in [7, 11) is 3.30. The van der Waals surface area contributed by atoms with E-state index < -0.39 is 0 Å². The molecule has 0 bridgehead atoms. The molecule has 4 amide bonds. The van der Waals surface area contributed by atoms with Gasteiger partial charge in [-0.15, -0.1) is 0 Å². The van der Waals surface area contributed by atoms with Crippen molar-refractivity contribution in [3.05, 3.63) is 131 Å². The Kier molecular flexibility index (Phi) is 11.1. The summed E-state index contributed by atoms with van der Waals surface area (Å²) in [6.45, 7) is 3.42. The van der Waals surface area contributed by atoms with E-state index in [-0.39, 0.29) is 36.2 Å². The predicted molar refractivity (Wildman–Crippen MR) is 259 cm³/mol. The number of amides is 4. The van der Waals surface area contributed by atoms with E-state index in [4.69, 9.17) is 18.9 Å². The standard InChI is InChI=1S/C56H50N2O8/c1-63-28-30-65-26-5-3-10-37(11-4-6-27-66-31-29-64-2)58-55(61)45-24-20-41-39-18-22-43-51-44(23-19-40(49(39)51)42-21-25-46(56(58)62)52(45)50(41)42)54(60)57(53(43)59)32-36-15-14-35-13-12-33-8-7-9-34-16-17-38(36)48(35)47(33)34/h7-9,12-25,37H,3-6,10-11,26-32H2,1-2H3. The molecule has 0 radical (unpaired) electrons. The van der Waals surface area contributed by atoms with Crippen LogP contribution in [0.1, 0.15) is 85.5 Å². The van der Waals surface area contributed by atoms with Crippen LogP contribution >= 0.6 is 0 Å². The van der Waals surface area contributed by atoms with Crippen molar-refractivity contribution in [1.29, 1.82) is 0 Å². The van der Waals surface area contributed by atoms with Gasteiger partial charge in [-0.3, -0.25) is 29.0 Å². The van der Waals surface area contributed by atoms with Gasteiger partial charge in [-0.25, -0.2) is 0 Å². The van der Waals surface area contributed by atoms with Crippen LogP contribution in [0.3, 0.4) is 0 Å². The summed E-state index contributed by atoms with van der Waals surface area (Å²) in [5.74, 6) is -1.24. The summed E-state index contributed by atoms with van der Waals surface area (Å²) < 4.78 is 21.6. The molecule has 0 atom stereocenters. The molecule has 0 unspecified atom stereocenters. The third kappa shape index (κ3) is 6.77. The van der Waals surface area contributed by atoms with Crippen molar-refractivity contribution in [2.24, 2.45) is 0 Å². The van der Waals surface area contributed by atoms with Crippen LogP contribution in [0.25, 0.3) is 75.4 Å². The fourth-order valence-corrected chi connectivity index (χ4v) is 11.0. The van der Waals surface area contributed by atoms with Crippen LogP contribution in [0.4, 0.5) is 0 Å². The SMILES string of the molecule is COCCOCCCCC(CCCCOCCOC)N1C(=O)c2ccc3c4ccc5c6c(ccc(c7ccc(c2c37)C1=O)c64)C(=O)N(Cc1ccc2ccc3cccc4ccc1c2c34)C5=O. The van der Waals surface area contributed by atoms with E-state index >= 15 is 0 Å². The van der Waals surface area contributed by atoms with Crippen LogP contribution in [-0.4, -0.2) is 93.3 Å². The second kappa shape index (κ2) is 17.3. The molecule has 66 heavy (non-hydrogen) atoms. The van der Waals surface area contributed by atoms with Crippen molar-refractivity contribution in [1.82, 2.24) is 9.80 Å². The molecule has 0 saturated heterocycles. The molecule has 10 heteroatoms. The Labute approximate surface area is 381 Å². The van der Waals surface area contributed by atoms with Crippen molar-refractivity contribution in [2.45, 2.75) is 51.1 Å². The molecule has 332 valence electrons. The molecule has 0 spiro atoms. The highest BCUT2D eigenvalue weighted by Crippen LogP contribution is 2.47. The van der Waals surface area contributed by atoms with Gasteiger partial charge in [0.25, 0.3) is 23.6 Å². The van der Waals surface area contributed by atoms with Gasteiger partial charge < -0.3 is 18.9 Å². The van der Waals surface area contributed by atoms with E-state index in [2.05, 4.69) is 48.5 Å². The number of methoxy groups -OCH3 is 2. The Morgan fingerprint density at radius 3 is 1.35 bits per heavy atom. The summed E-state index contributed by atoms with van der Waals surface area (Å²) in [5.41, 5.74) is 2.87. The Morgan fingerprint density at radius 2 is 0.848 bits per heavy atom. The number of nitrogens with zero attached hydrogens (tertiary/aromatic N) is 2. The van der Waals surface area contributed by atoms with Crippen molar-refractivity contribution in [3.8, 4) is 0 Å². The lowest BCUT2D eigenvalue weighted by Crippen LogP contribution is -2.47. The number of hydrogen-bond donors (Lipinski definition) is 0. The maximum Gasteiger partial charge on any atom is 0.261 e. The largest absolute Gasteiger partial charge is 0.382 e. The number of fused-ring (bicyclic) bond motifs is 2. The third-order valence-electron chi connectivity index (χ3n) is 14.1. The van der Waals surface area contributed by atoms with Crippen molar-refractivity contribution >= 4 is 99.0 Å². The zero-order valence-electron chi connectivity index (χ0n) is 37.2. The Morgan fingerprint density at radius 1 is 0.409 bits per heavy atom. The van der Waals surface area contributed by atoms with E-state index in [9.17, 15) is 19.2 Å². The van der Waals surface area contributed by atoms with Gasteiger partial charge in [0.15, 0.2) is 0 Å². The molecule has 9 aromatic carbocycles. The second-order valence-corrected chi connectivity index (χ2v) is 17.8. The highest BCUT2D eigenvalue weighted by Gasteiger charge is 2.39. The summed E-state index contributed by atoms with van der Waals surface area (Å²) in [6, 6.07) is 33.9. The second-order valence-electron chi connectivity index (χ2n) is 17.8. The highest BCUT2D eigenvalue weighted by molar-refractivity contribution is 6.41. The van der Waals surface area contributed by atoms with Crippen LogP contribution < -0.4 is 0 Å². The van der Waals surface area contributed by atoms with Crippen LogP contribution in [-0.2, 0) is 25.5 Å². The fraction of sp³-hybridized carbons (Fsp3) is 0.286. The van der Waals surface area contributed by atoms with Crippen molar-refractivity contribution in [2.75, 3.05) is 53.9 Å². The van der Waals surface area contributed by atoms with Crippen molar-refractivity contribution in [3.63, 3.8) is 0 Å². The van der Waals surface area contributed by atoms with Crippen LogP contribution in [0.2, 0.25) is 0 Å². The predicted octanol–water partition coefficient (Wildman–Crippen LogP) is 11.1. The molecular weight excluding hydrogens is 829 g/mol. The molecule has 2 heterocycles. The lowest BCUT2D eigenvalue weighted by molar-refractivity contribution is 0.0493. The molecule has 0 saturated carbocycles. The third-order valence-corrected chi connectivity index (χ3v) is 14.1. The molecule has 11 rings (SSSR count). The lowest BCUT2D eigenvalue weighted by Gasteiger charge is -2.35. The first-order valence-electron chi connectivity index (χ1n) is 23.1. The molecule has 2 aliphatic rings. The maximum absolute atomic E-state index is 14.7. The Balaban J connectivity index is 0.932. The molecule has 0 aliphatic carbocycles. The van der Waals surface area contributed by atoms with Crippen molar-refractivity contribution < 1.29 is 38.1 Å². The number of imide groups is 2. The normalized spacial score (nSPS) is 14.2. The minimum Gasteiger partial charge on any atom is -0.382 e. The van der Waals surface area contributed by atoms with Gasteiger partial charge in [0.05, 0.1) is 33.0 Å². The summed E-state index contributed by atoms with van der Waals surface area (Å²) in [6.07, 6.45) is 4.54. The molecule has 0 aromatic heterocycles. The minimum absolute atomic E-state index is 0.135. The Bertz CT molecular complexity index is 3240. The van der Waals surface area contributed by atoms with Gasteiger partial charge in [-0.1, -0.05) is 78.9 Å². The Hall–Kier alpha value is -6.56. The quantitative estimate of drug-likeness (QED) is 0.0342. The monoisotopic (exact) mass is 878 g/mol. The molecule has 0 fully saturated rings. The number of carbonyl (C=O) groups is 4. The zero-order valence-corrected chi connectivity index (χ0v) is 37.2. The smallest absolute Gasteiger partial charge is 0.261 e. The highest BCUT2D eigenvalue weighted by atomic mass is 16.5. The summed E-state index contributed by atoms with van der Waals surface area (Å²) in [5, 5.41) is 13.2. The van der Waals surface area contributed by atoms with E-state index in [1.807, 2.05) is 54.6 Å². The molecule has 9 aromatic rings. The van der Waals surface area contributed by atoms with Gasteiger partial charge >= 0.3 is 0 Å². The number of hydrogen-bond acceptors (Lipinski definition) is 8. The van der Waals surface area contributed by atoms with E-state index in [1.54, 1.807) is 14.2 Å². The molecule has 0 N–H and O–H groups in total. The van der Waals surface area contributed by atoms with Gasteiger partial charge in [0, 0.05) is 66.5 Å². The minimum atomic E-state index is -0.332. The van der Waals surface area contributed by atoms with E-state index in [0.29, 0.717) is 85.5 Å². The van der Waals surface area contributed by atoms with Gasteiger partial charge in [0.2, 0.25) is 0 Å². The van der Waals surface area contributed by atoms with Crippen LogP contribution in [0.5, 0.6) is 0 Å². The average Bonchev–Trinajstić information content (AvgIpc) is 3.34. The number of carbonyl (C=O) groups excluding carboxylic acids is 4. The van der Waals surface area contributed by atoms with Gasteiger partial charge in [-0.05, 0) is 133 Å². The average molecular weight is 879 g/mol. The van der Waals surface area contributed by atoms with E-state index in [1.165, 1.54) is 15.2 Å². The number of rotatable bonds is 19. The molecular formula is C56H50N2O8. The lowest BCUT2D eigenvalue weighted by atomic mass is 9.82. The number of benzene rings is 9. The van der Waals surface area contributed by atoms with Crippen LogP contribution in [0, 0.1) is 0 Å². The molecule has 10 nitrogen and oxygen atoms in total. The molecule has 2 aliphatic heterocycles. The first-order chi connectivity index (χ1) is 32.4.